The molecule has 146 valence electrons. The summed E-state index contributed by atoms with van der Waals surface area (Å²) in [4.78, 5) is 0. The first-order valence-corrected chi connectivity index (χ1v) is 15.2. The summed E-state index contributed by atoms with van der Waals surface area (Å²) >= 11 is 1.74. The summed E-state index contributed by atoms with van der Waals surface area (Å²) in [6.07, 6.45) is 7.47. The van der Waals surface area contributed by atoms with Crippen LogP contribution in [0, 0.1) is 12.0 Å². The van der Waals surface area contributed by atoms with Crippen LogP contribution in [0.3, 0.4) is 0 Å². The van der Waals surface area contributed by atoms with Crippen molar-refractivity contribution < 1.29 is 23.3 Å². The van der Waals surface area contributed by atoms with Gasteiger partial charge in [0.25, 0.3) is 0 Å². The molecule has 1 aliphatic carbocycles. The quantitative estimate of drug-likeness (QED) is 0.233. The molecule has 0 spiro atoms. The SMILES string of the molecule is CC1=[C-]C(C)C=C1.C[Si](C)=[Zr+2].Cl.Cl.c1ccc(-c2c[cH-]c3ccccc23)cc1. The van der Waals surface area contributed by atoms with Gasteiger partial charge in [0, 0.05) is 0 Å². The third-order valence-corrected chi connectivity index (χ3v) is 3.86. The summed E-state index contributed by atoms with van der Waals surface area (Å²) in [6, 6.07) is 23.4. The number of allylic oxidation sites excluding steroid dienone is 4. The van der Waals surface area contributed by atoms with Crippen LogP contribution in [0.25, 0.3) is 21.9 Å². The predicted molar refractivity (Wildman–Crippen MR) is 128 cm³/mol. The Morgan fingerprint density at radius 1 is 0.964 bits per heavy atom. The molecule has 3 aromatic rings. The molecule has 0 radical (unpaired) electrons. The number of fused-ring (bicyclic) bond motifs is 1. The molecule has 1 unspecified atom stereocenters. The average Bonchev–Trinajstić information content (AvgIpc) is 3.21. The van der Waals surface area contributed by atoms with Crippen LogP contribution in [0.4, 0.5) is 0 Å². The first kappa shape index (κ1) is 27.2. The first-order valence-electron chi connectivity index (χ1n) is 8.97. The van der Waals surface area contributed by atoms with Gasteiger partial charge in [0.2, 0.25) is 0 Å². The van der Waals surface area contributed by atoms with Crippen molar-refractivity contribution in [2.45, 2.75) is 26.9 Å². The largest absolute Gasteiger partial charge is 0.150 e. The minimum Gasteiger partial charge on any atom is -0.150 e. The van der Waals surface area contributed by atoms with E-state index in [1.54, 1.807) is 23.3 Å². The average molecular weight is 507 g/mol. The van der Waals surface area contributed by atoms with E-state index in [4.69, 9.17) is 0 Å². The van der Waals surface area contributed by atoms with Crippen molar-refractivity contribution in [3.63, 3.8) is 0 Å². The van der Waals surface area contributed by atoms with E-state index in [0.29, 0.717) is 5.92 Å². The molecular formula is C24H28Cl2SiZr. The Kier molecular flexibility index (Phi) is 13.8. The van der Waals surface area contributed by atoms with E-state index in [0.717, 1.165) is 0 Å². The topological polar surface area (TPSA) is 0 Å². The summed E-state index contributed by atoms with van der Waals surface area (Å²) in [5.41, 5.74) is 4.10. The number of halogens is 2. The molecule has 4 rings (SSSR count). The Balaban J connectivity index is 0.000000477. The van der Waals surface area contributed by atoms with Crippen LogP contribution < -0.4 is 0 Å². The van der Waals surface area contributed by atoms with Gasteiger partial charge in [0.1, 0.15) is 0 Å². The van der Waals surface area contributed by atoms with Gasteiger partial charge in [-0.2, -0.15) is 6.08 Å². The Hall–Kier alpha value is -0.790. The van der Waals surface area contributed by atoms with Crippen LogP contribution in [-0.2, 0) is 23.3 Å². The Morgan fingerprint density at radius 3 is 2.04 bits per heavy atom. The molecule has 28 heavy (non-hydrogen) atoms. The maximum absolute atomic E-state index is 3.22. The van der Waals surface area contributed by atoms with Crippen LogP contribution in [0.2, 0.25) is 13.1 Å². The zero-order valence-corrected chi connectivity index (χ0v) is 22.0. The molecule has 0 nitrogen and oxygen atoms in total. The monoisotopic (exact) mass is 504 g/mol. The Bertz CT molecular complexity index is 907. The number of rotatable bonds is 1. The summed E-state index contributed by atoms with van der Waals surface area (Å²) in [6.45, 7) is 8.82. The van der Waals surface area contributed by atoms with Crippen molar-refractivity contribution in [2.24, 2.45) is 5.92 Å². The van der Waals surface area contributed by atoms with E-state index in [1.165, 1.54) is 27.5 Å². The fourth-order valence-corrected chi connectivity index (χ4v) is 2.76. The van der Waals surface area contributed by atoms with Gasteiger partial charge < -0.3 is 0 Å². The predicted octanol–water partition coefficient (Wildman–Crippen LogP) is 7.80. The zero-order chi connectivity index (χ0) is 18.9. The first-order chi connectivity index (χ1) is 12.5. The van der Waals surface area contributed by atoms with E-state index in [2.05, 4.69) is 112 Å². The minimum absolute atomic E-state index is 0. The standard InChI is InChI=1S/C15H11.C7H9.C2H6Si.2ClH.Zr/c1-2-6-12(7-3-1)15-11-10-13-8-4-5-9-14(13)15;1-6-3-4-7(2)5-6;1-3-2;;;/h1-11H;3-4,6H,1-2H3;1-2H3;2*1H;/q2*-1;;;;+2. The molecule has 1 atom stereocenters. The fourth-order valence-electron chi connectivity index (χ4n) is 2.76. The maximum Gasteiger partial charge on any atom is -0.0623 e. The molecule has 0 saturated heterocycles. The molecule has 0 fully saturated rings. The van der Waals surface area contributed by atoms with Gasteiger partial charge in [-0.25, -0.2) is 11.6 Å². The Labute approximate surface area is 197 Å². The van der Waals surface area contributed by atoms with Crippen molar-refractivity contribution in [1.29, 1.82) is 0 Å². The molecule has 4 heteroatoms. The van der Waals surface area contributed by atoms with Gasteiger partial charge in [0.05, 0.1) is 0 Å². The fraction of sp³-hybridized carbons (Fsp3) is 0.208. The van der Waals surface area contributed by atoms with Gasteiger partial charge >= 0.3 is 41.9 Å². The molecular weight excluding hydrogens is 478 g/mol. The van der Waals surface area contributed by atoms with Crippen LogP contribution in [0.5, 0.6) is 0 Å². The van der Waals surface area contributed by atoms with Gasteiger partial charge in [-0.05, 0) is 0 Å². The van der Waals surface area contributed by atoms with E-state index < -0.39 is 0 Å². The number of hydrogen-bond donors (Lipinski definition) is 0. The second-order valence-corrected chi connectivity index (χ2v) is 16.0. The molecule has 3 aromatic carbocycles. The van der Waals surface area contributed by atoms with Crippen molar-refractivity contribution in [2.75, 3.05) is 0 Å². The van der Waals surface area contributed by atoms with Gasteiger partial charge in [-0.1, -0.05) is 61.7 Å². The molecule has 0 N–H and O–H groups in total. The minimum atomic E-state index is 0. The maximum atomic E-state index is 3.22. The van der Waals surface area contributed by atoms with Gasteiger partial charge in [-0.3, -0.25) is 6.08 Å². The van der Waals surface area contributed by atoms with Crippen molar-refractivity contribution in [3.8, 4) is 11.1 Å². The van der Waals surface area contributed by atoms with Crippen LogP contribution >= 0.6 is 24.8 Å². The normalized spacial score (nSPS) is 13.8. The molecule has 0 aliphatic heterocycles. The third-order valence-electron chi connectivity index (χ3n) is 3.86. The molecule has 0 aromatic heterocycles. The van der Waals surface area contributed by atoms with Crippen LogP contribution in [0.15, 0.2) is 84.5 Å². The molecule has 1 aliphatic rings. The van der Waals surface area contributed by atoms with Crippen molar-refractivity contribution in [3.05, 3.63) is 90.5 Å². The van der Waals surface area contributed by atoms with Crippen molar-refractivity contribution >= 4 is 41.0 Å². The summed E-state index contributed by atoms with van der Waals surface area (Å²) < 4.78 is 0. The van der Waals surface area contributed by atoms with Crippen LogP contribution in [-0.4, -0.2) is 5.43 Å². The molecule has 0 bridgehead atoms. The van der Waals surface area contributed by atoms with E-state index in [1.807, 2.05) is 0 Å². The second kappa shape index (κ2) is 14.2. The van der Waals surface area contributed by atoms with E-state index in [9.17, 15) is 0 Å². The van der Waals surface area contributed by atoms with E-state index in [-0.39, 0.29) is 30.2 Å². The van der Waals surface area contributed by atoms with Crippen LogP contribution in [0.1, 0.15) is 13.8 Å². The Morgan fingerprint density at radius 2 is 1.54 bits per heavy atom. The summed E-state index contributed by atoms with van der Waals surface area (Å²) in [5.74, 6) is 0.556. The number of benzene rings is 2. The number of hydrogen-bond acceptors (Lipinski definition) is 0. The summed E-state index contributed by atoms with van der Waals surface area (Å²) in [5, 5.41) is 2.65. The molecule has 0 saturated carbocycles. The van der Waals surface area contributed by atoms with Crippen molar-refractivity contribution in [1.82, 2.24) is 0 Å². The second-order valence-electron chi connectivity index (χ2n) is 6.68. The zero-order valence-electron chi connectivity index (χ0n) is 16.9. The summed E-state index contributed by atoms with van der Waals surface area (Å²) in [7, 11) is 0. The molecule has 0 amide bonds. The van der Waals surface area contributed by atoms with Gasteiger partial charge in [0.15, 0.2) is 0 Å². The van der Waals surface area contributed by atoms with E-state index >= 15 is 0 Å². The molecule has 0 heterocycles. The third kappa shape index (κ3) is 9.14. The smallest absolute Gasteiger partial charge is 0.0623 e. The van der Waals surface area contributed by atoms with Gasteiger partial charge in [-0.15, -0.1) is 71.5 Å².